The van der Waals surface area contributed by atoms with Crippen LogP contribution in [0.2, 0.25) is 0 Å². The molecule has 0 aromatic rings. The molecule has 2 rings (SSSR count). The van der Waals surface area contributed by atoms with Crippen LogP contribution in [0.3, 0.4) is 0 Å². The van der Waals surface area contributed by atoms with E-state index in [1.807, 2.05) is 21.0 Å². The van der Waals surface area contributed by atoms with Crippen LogP contribution in [-0.2, 0) is 4.79 Å². The van der Waals surface area contributed by atoms with Gasteiger partial charge in [-0.25, -0.2) is 0 Å². The third-order valence-electron chi connectivity index (χ3n) is 5.17. The second-order valence-corrected chi connectivity index (χ2v) is 7.31. The fourth-order valence-corrected chi connectivity index (χ4v) is 3.56. The van der Waals surface area contributed by atoms with Crippen molar-refractivity contribution in [3.8, 4) is 0 Å². The number of hydrogen-bond acceptors (Lipinski definition) is 3. The average molecular weight is 324 g/mol. The Balaban J connectivity index is 1.98. The number of hydrogen-bond donors (Lipinski definition) is 3. The average Bonchev–Trinajstić information content (AvgIpc) is 2.97. The van der Waals surface area contributed by atoms with Crippen molar-refractivity contribution in [2.45, 2.75) is 57.5 Å². The molecule has 2 fully saturated rings. The number of carbonyl (C=O) groups is 1. The van der Waals surface area contributed by atoms with Crippen LogP contribution < -0.4 is 10.6 Å². The van der Waals surface area contributed by atoms with E-state index in [1.54, 1.807) is 4.90 Å². The molecule has 0 bridgehead atoms. The zero-order valence-corrected chi connectivity index (χ0v) is 14.8. The summed E-state index contributed by atoms with van der Waals surface area (Å²) in [6, 6.07) is 0. The minimum absolute atomic E-state index is 0.205. The lowest BCUT2D eigenvalue weighted by atomic mass is 9.80. The monoisotopic (exact) mass is 324 g/mol. The summed E-state index contributed by atoms with van der Waals surface area (Å²) in [5.74, 6) is 0.904. The minimum atomic E-state index is -0.618. The fourth-order valence-electron chi connectivity index (χ4n) is 3.56. The van der Waals surface area contributed by atoms with Crippen LogP contribution in [0.25, 0.3) is 0 Å². The van der Waals surface area contributed by atoms with Gasteiger partial charge in [0.1, 0.15) is 0 Å². The van der Waals surface area contributed by atoms with Gasteiger partial charge in [0, 0.05) is 27.2 Å². The highest BCUT2D eigenvalue weighted by Crippen LogP contribution is 2.39. The first-order chi connectivity index (χ1) is 10.9. The van der Waals surface area contributed by atoms with Gasteiger partial charge in [0.25, 0.3) is 0 Å². The van der Waals surface area contributed by atoms with E-state index >= 15 is 0 Å². The molecule has 132 valence electrons. The Kier molecular flexibility index (Phi) is 5.89. The molecule has 0 aromatic carbocycles. The molecule has 1 amide bonds. The Labute approximate surface area is 139 Å². The standard InChI is InChI=1S/C17H32N4O2/c1-4-18-15(20-13-17(23)10-7-11-17)19-12-16(8-5-6-9-16)14(22)21(2)3/h23H,4-13H2,1-3H3,(H2,18,19,20). The highest BCUT2D eigenvalue weighted by molar-refractivity contribution is 5.85. The smallest absolute Gasteiger partial charge is 0.230 e. The maximum Gasteiger partial charge on any atom is 0.230 e. The van der Waals surface area contributed by atoms with Crippen molar-refractivity contribution in [1.82, 2.24) is 15.5 Å². The van der Waals surface area contributed by atoms with E-state index in [9.17, 15) is 9.90 Å². The summed E-state index contributed by atoms with van der Waals surface area (Å²) in [4.78, 5) is 18.8. The van der Waals surface area contributed by atoms with Gasteiger partial charge in [-0.05, 0) is 39.0 Å². The fraction of sp³-hybridized carbons (Fsp3) is 0.882. The van der Waals surface area contributed by atoms with Crippen molar-refractivity contribution in [2.24, 2.45) is 10.4 Å². The third-order valence-corrected chi connectivity index (χ3v) is 5.17. The molecular weight excluding hydrogens is 292 g/mol. The molecule has 0 heterocycles. The van der Waals surface area contributed by atoms with Crippen LogP contribution >= 0.6 is 0 Å². The Morgan fingerprint density at radius 2 is 1.78 bits per heavy atom. The van der Waals surface area contributed by atoms with Gasteiger partial charge in [0.05, 0.1) is 17.6 Å². The highest BCUT2D eigenvalue weighted by Gasteiger charge is 2.42. The molecule has 6 heteroatoms. The van der Waals surface area contributed by atoms with Crippen molar-refractivity contribution in [3.63, 3.8) is 0 Å². The van der Waals surface area contributed by atoms with E-state index in [4.69, 9.17) is 0 Å². The van der Waals surface area contributed by atoms with Gasteiger partial charge in [-0.15, -0.1) is 0 Å². The van der Waals surface area contributed by atoms with E-state index in [-0.39, 0.29) is 11.3 Å². The lowest BCUT2D eigenvalue weighted by Crippen LogP contribution is -2.50. The van der Waals surface area contributed by atoms with Gasteiger partial charge < -0.3 is 20.6 Å². The van der Waals surface area contributed by atoms with Crippen molar-refractivity contribution < 1.29 is 9.90 Å². The lowest BCUT2D eigenvalue weighted by Gasteiger charge is -2.35. The number of nitrogens with zero attached hydrogens (tertiary/aromatic N) is 2. The predicted octanol–water partition coefficient (Wildman–Crippen LogP) is 1.11. The van der Waals surface area contributed by atoms with Crippen LogP contribution in [0.4, 0.5) is 0 Å². The van der Waals surface area contributed by atoms with E-state index in [0.29, 0.717) is 19.0 Å². The quantitative estimate of drug-likeness (QED) is 0.505. The molecule has 0 spiro atoms. The number of aliphatic hydroxyl groups is 1. The first kappa shape index (κ1) is 18.0. The van der Waals surface area contributed by atoms with Crippen molar-refractivity contribution in [2.75, 3.05) is 33.7 Å². The van der Waals surface area contributed by atoms with E-state index in [0.717, 1.165) is 51.5 Å². The summed E-state index contributed by atoms with van der Waals surface area (Å²) < 4.78 is 0. The molecular formula is C17H32N4O2. The molecule has 0 saturated heterocycles. The second kappa shape index (κ2) is 7.51. The summed E-state index contributed by atoms with van der Waals surface area (Å²) in [6.07, 6.45) is 6.82. The van der Waals surface area contributed by atoms with Crippen LogP contribution in [0.15, 0.2) is 4.99 Å². The molecule has 0 aliphatic heterocycles. The zero-order valence-electron chi connectivity index (χ0n) is 14.8. The van der Waals surface area contributed by atoms with E-state index in [2.05, 4.69) is 15.6 Å². The Morgan fingerprint density at radius 1 is 1.13 bits per heavy atom. The topological polar surface area (TPSA) is 77.0 Å². The van der Waals surface area contributed by atoms with Gasteiger partial charge in [0.2, 0.25) is 5.91 Å². The predicted molar refractivity (Wildman–Crippen MR) is 92.4 cm³/mol. The molecule has 0 aromatic heterocycles. The Morgan fingerprint density at radius 3 is 2.26 bits per heavy atom. The van der Waals surface area contributed by atoms with E-state index in [1.165, 1.54) is 0 Å². The number of amides is 1. The first-order valence-corrected chi connectivity index (χ1v) is 8.87. The molecule has 2 aliphatic carbocycles. The first-order valence-electron chi connectivity index (χ1n) is 8.87. The second-order valence-electron chi connectivity index (χ2n) is 7.31. The lowest BCUT2D eigenvalue weighted by molar-refractivity contribution is -0.138. The molecule has 0 radical (unpaired) electrons. The molecule has 3 N–H and O–H groups in total. The molecule has 6 nitrogen and oxygen atoms in total. The normalized spacial score (nSPS) is 22.3. The maximum atomic E-state index is 12.6. The van der Waals surface area contributed by atoms with Gasteiger partial charge in [-0.3, -0.25) is 9.79 Å². The van der Waals surface area contributed by atoms with Gasteiger partial charge in [0.15, 0.2) is 5.96 Å². The number of nitrogens with one attached hydrogen (secondary N) is 2. The largest absolute Gasteiger partial charge is 0.388 e. The molecule has 23 heavy (non-hydrogen) atoms. The van der Waals surface area contributed by atoms with Gasteiger partial charge >= 0.3 is 0 Å². The Hall–Kier alpha value is -1.30. The summed E-state index contributed by atoms with van der Waals surface area (Å²) in [6.45, 7) is 3.82. The summed E-state index contributed by atoms with van der Waals surface area (Å²) in [7, 11) is 3.65. The van der Waals surface area contributed by atoms with Gasteiger partial charge in [-0.1, -0.05) is 12.8 Å². The molecule has 0 atom stereocenters. The number of aliphatic imine (C=N–C) groups is 1. The number of carbonyl (C=O) groups excluding carboxylic acids is 1. The summed E-state index contributed by atoms with van der Waals surface area (Å²) >= 11 is 0. The van der Waals surface area contributed by atoms with Crippen LogP contribution in [0, 0.1) is 5.41 Å². The van der Waals surface area contributed by atoms with Crippen molar-refractivity contribution in [1.29, 1.82) is 0 Å². The van der Waals surface area contributed by atoms with E-state index < -0.39 is 5.60 Å². The number of guanidine groups is 1. The maximum absolute atomic E-state index is 12.6. The molecule has 2 aliphatic rings. The number of rotatable bonds is 6. The van der Waals surface area contributed by atoms with Crippen LogP contribution in [-0.4, -0.2) is 61.2 Å². The SMILES string of the molecule is CCNC(=NCC1(O)CCC1)NCC1(C(=O)N(C)C)CCCC1. The highest BCUT2D eigenvalue weighted by atomic mass is 16.3. The zero-order chi connectivity index (χ0) is 16.9. The summed E-state index contributed by atoms with van der Waals surface area (Å²) in [5.41, 5.74) is -0.931. The minimum Gasteiger partial charge on any atom is -0.388 e. The van der Waals surface area contributed by atoms with Crippen molar-refractivity contribution >= 4 is 11.9 Å². The van der Waals surface area contributed by atoms with Crippen LogP contribution in [0.1, 0.15) is 51.9 Å². The summed E-state index contributed by atoms with van der Waals surface area (Å²) in [5, 5.41) is 16.8. The molecule has 2 saturated carbocycles. The Bertz CT molecular complexity index is 438. The van der Waals surface area contributed by atoms with Gasteiger partial charge in [-0.2, -0.15) is 0 Å². The third kappa shape index (κ3) is 4.37. The van der Waals surface area contributed by atoms with Crippen LogP contribution in [0.5, 0.6) is 0 Å². The molecule has 0 unspecified atom stereocenters. The van der Waals surface area contributed by atoms with Crippen molar-refractivity contribution in [3.05, 3.63) is 0 Å².